The van der Waals surface area contributed by atoms with Gasteiger partial charge in [0, 0.05) is 13.1 Å². The summed E-state index contributed by atoms with van der Waals surface area (Å²) in [6.45, 7) is 7.73. The SMILES string of the molecule is CC[C@@H](NCCCNC(=O)O)C(=O)NCC(C)C. The molecule has 6 nitrogen and oxygen atoms in total. The van der Waals surface area contributed by atoms with E-state index in [4.69, 9.17) is 5.11 Å². The molecule has 18 heavy (non-hydrogen) atoms. The first-order valence-corrected chi connectivity index (χ1v) is 6.45. The smallest absolute Gasteiger partial charge is 0.404 e. The molecule has 0 spiro atoms. The maximum atomic E-state index is 11.8. The molecule has 0 unspecified atom stereocenters. The van der Waals surface area contributed by atoms with Gasteiger partial charge in [-0.05, 0) is 25.3 Å². The van der Waals surface area contributed by atoms with Crippen LogP contribution in [-0.4, -0.2) is 42.8 Å². The van der Waals surface area contributed by atoms with Crippen molar-refractivity contribution in [3.05, 3.63) is 0 Å². The normalized spacial score (nSPS) is 12.2. The lowest BCUT2D eigenvalue weighted by Crippen LogP contribution is -2.45. The van der Waals surface area contributed by atoms with E-state index in [9.17, 15) is 9.59 Å². The maximum Gasteiger partial charge on any atom is 0.404 e. The maximum absolute atomic E-state index is 11.8. The molecule has 0 fully saturated rings. The van der Waals surface area contributed by atoms with Crippen molar-refractivity contribution in [3.8, 4) is 0 Å². The van der Waals surface area contributed by atoms with Crippen LogP contribution in [0.4, 0.5) is 4.79 Å². The van der Waals surface area contributed by atoms with Crippen molar-refractivity contribution in [3.63, 3.8) is 0 Å². The number of nitrogens with one attached hydrogen (secondary N) is 3. The summed E-state index contributed by atoms with van der Waals surface area (Å²) in [4.78, 5) is 22.0. The molecule has 0 radical (unpaired) electrons. The summed E-state index contributed by atoms with van der Waals surface area (Å²) in [6, 6.07) is -0.200. The topological polar surface area (TPSA) is 90.5 Å². The van der Waals surface area contributed by atoms with Crippen LogP contribution in [0.2, 0.25) is 0 Å². The molecule has 0 aromatic carbocycles. The number of carbonyl (C=O) groups is 2. The monoisotopic (exact) mass is 259 g/mol. The Morgan fingerprint density at radius 2 is 1.83 bits per heavy atom. The van der Waals surface area contributed by atoms with E-state index in [1.165, 1.54) is 0 Å². The molecule has 0 aromatic heterocycles. The molecule has 4 N–H and O–H groups in total. The van der Waals surface area contributed by atoms with E-state index < -0.39 is 6.09 Å². The van der Waals surface area contributed by atoms with Gasteiger partial charge in [-0.3, -0.25) is 4.79 Å². The molecule has 0 bridgehead atoms. The molecule has 0 aliphatic rings. The van der Waals surface area contributed by atoms with Gasteiger partial charge in [-0.15, -0.1) is 0 Å². The van der Waals surface area contributed by atoms with Gasteiger partial charge in [-0.2, -0.15) is 0 Å². The fourth-order valence-corrected chi connectivity index (χ4v) is 1.41. The van der Waals surface area contributed by atoms with Crippen molar-refractivity contribution in [2.24, 2.45) is 5.92 Å². The molecule has 0 saturated heterocycles. The fourth-order valence-electron chi connectivity index (χ4n) is 1.41. The molecular formula is C12H25N3O3. The molecule has 0 aromatic rings. The van der Waals surface area contributed by atoms with Crippen molar-refractivity contribution in [2.75, 3.05) is 19.6 Å². The van der Waals surface area contributed by atoms with E-state index >= 15 is 0 Å². The summed E-state index contributed by atoms with van der Waals surface area (Å²) < 4.78 is 0. The Kier molecular flexibility index (Phi) is 9.00. The molecule has 1 atom stereocenters. The Balaban J connectivity index is 3.75. The number of amides is 2. The van der Waals surface area contributed by atoms with Crippen LogP contribution in [0.25, 0.3) is 0 Å². The van der Waals surface area contributed by atoms with E-state index in [0.717, 1.165) is 6.42 Å². The Hall–Kier alpha value is -1.30. The van der Waals surface area contributed by atoms with Gasteiger partial charge in [0.25, 0.3) is 0 Å². The minimum atomic E-state index is -1.02. The van der Waals surface area contributed by atoms with Crippen LogP contribution in [0.1, 0.15) is 33.6 Å². The predicted octanol–water partition coefficient (Wildman–Crippen LogP) is 0.785. The van der Waals surface area contributed by atoms with Crippen molar-refractivity contribution in [1.82, 2.24) is 16.0 Å². The van der Waals surface area contributed by atoms with Gasteiger partial charge in [-0.1, -0.05) is 20.8 Å². The highest BCUT2D eigenvalue weighted by Gasteiger charge is 2.14. The van der Waals surface area contributed by atoms with Gasteiger partial charge in [-0.25, -0.2) is 4.79 Å². The van der Waals surface area contributed by atoms with Crippen molar-refractivity contribution < 1.29 is 14.7 Å². The summed E-state index contributed by atoms with van der Waals surface area (Å²) in [5.41, 5.74) is 0. The quantitative estimate of drug-likeness (QED) is 0.461. The molecule has 0 rings (SSSR count). The molecule has 106 valence electrons. The van der Waals surface area contributed by atoms with Crippen LogP contribution in [0.15, 0.2) is 0 Å². The molecule has 0 saturated carbocycles. The van der Waals surface area contributed by atoms with Crippen LogP contribution >= 0.6 is 0 Å². The van der Waals surface area contributed by atoms with Gasteiger partial charge in [0.1, 0.15) is 0 Å². The Morgan fingerprint density at radius 1 is 1.17 bits per heavy atom. The molecule has 2 amide bonds. The Bertz CT molecular complexity index is 257. The van der Waals surface area contributed by atoms with Crippen LogP contribution in [0, 0.1) is 5.92 Å². The van der Waals surface area contributed by atoms with E-state index in [1.54, 1.807) is 0 Å². The largest absolute Gasteiger partial charge is 0.465 e. The standard InChI is InChI=1S/C12H25N3O3/c1-4-10(11(16)15-8-9(2)3)13-6-5-7-14-12(17)18/h9-10,13-14H,4-8H2,1-3H3,(H,15,16)(H,17,18)/t10-/m1/s1. The number of hydrogen-bond acceptors (Lipinski definition) is 3. The van der Waals surface area contributed by atoms with E-state index in [2.05, 4.69) is 16.0 Å². The van der Waals surface area contributed by atoms with Crippen molar-refractivity contribution in [2.45, 2.75) is 39.7 Å². The predicted molar refractivity (Wildman–Crippen MR) is 70.6 cm³/mol. The van der Waals surface area contributed by atoms with Gasteiger partial charge >= 0.3 is 6.09 Å². The third-order valence-corrected chi connectivity index (χ3v) is 2.43. The summed E-state index contributed by atoms with van der Waals surface area (Å²) in [6.07, 6.45) is 0.369. The first-order chi connectivity index (χ1) is 8.47. The van der Waals surface area contributed by atoms with Crippen molar-refractivity contribution >= 4 is 12.0 Å². The zero-order chi connectivity index (χ0) is 14.0. The van der Waals surface area contributed by atoms with Crippen LogP contribution in [-0.2, 0) is 4.79 Å². The summed E-state index contributed by atoms with van der Waals surface area (Å²) in [5, 5.41) is 16.7. The second-order valence-corrected chi connectivity index (χ2v) is 4.64. The fraction of sp³-hybridized carbons (Fsp3) is 0.833. The van der Waals surface area contributed by atoms with Crippen LogP contribution in [0.5, 0.6) is 0 Å². The zero-order valence-corrected chi connectivity index (χ0v) is 11.5. The second kappa shape index (κ2) is 9.70. The van der Waals surface area contributed by atoms with Gasteiger partial charge in [0.05, 0.1) is 6.04 Å². The van der Waals surface area contributed by atoms with Gasteiger partial charge < -0.3 is 21.1 Å². The number of hydrogen-bond donors (Lipinski definition) is 4. The Labute approximate surface area is 109 Å². The molecule has 0 aliphatic heterocycles. The van der Waals surface area contributed by atoms with E-state index in [-0.39, 0.29) is 11.9 Å². The lowest BCUT2D eigenvalue weighted by molar-refractivity contribution is -0.123. The summed E-state index contributed by atoms with van der Waals surface area (Å²) >= 11 is 0. The highest BCUT2D eigenvalue weighted by molar-refractivity contribution is 5.81. The minimum Gasteiger partial charge on any atom is -0.465 e. The highest BCUT2D eigenvalue weighted by atomic mass is 16.4. The van der Waals surface area contributed by atoms with Crippen LogP contribution < -0.4 is 16.0 Å². The summed E-state index contributed by atoms with van der Waals surface area (Å²) in [5.74, 6) is 0.448. The minimum absolute atomic E-state index is 0.0115. The van der Waals surface area contributed by atoms with E-state index in [1.807, 2.05) is 20.8 Å². The molecular weight excluding hydrogens is 234 g/mol. The van der Waals surface area contributed by atoms with Crippen molar-refractivity contribution in [1.29, 1.82) is 0 Å². The third kappa shape index (κ3) is 8.81. The average molecular weight is 259 g/mol. The Morgan fingerprint density at radius 3 is 2.33 bits per heavy atom. The van der Waals surface area contributed by atoms with Crippen LogP contribution in [0.3, 0.4) is 0 Å². The molecule has 6 heteroatoms. The number of rotatable bonds is 9. The molecule has 0 aliphatic carbocycles. The third-order valence-electron chi connectivity index (χ3n) is 2.43. The van der Waals surface area contributed by atoms with Gasteiger partial charge in [0.15, 0.2) is 0 Å². The second-order valence-electron chi connectivity index (χ2n) is 4.64. The lowest BCUT2D eigenvalue weighted by atomic mass is 10.2. The zero-order valence-electron chi connectivity index (χ0n) is 11.5. The van der Waals surface area contributed by atoms with Gasteiger partial charge in [0.2, 0.25) is 5.91 Å². The van der Waals surface area contributed by atoms with E-state index in [0.29, 0.717) is 32.0 Å². The molecule has 0 heterocycles. The summed E-state index contributed by atoms with van der Waals surface area (Å²) in [7, 11) is 0. The highest BCUT2D eigenvalue weighted by Crippen LogP contribution is 1.94. The first-order valence-electron chi connectivity index (χ1n) is 6.45. The number of carboxylic acid groups (broad SMARTS) is 1. The number of carbonyl (C=O) groups excluding carboxylic acids is 1. The lowest BCUT2D eigenvalue weighted by Gasteiger charge is -2.17. The first kappa shape index (κ1) is 16.7. The average Bonchev–Trinajstić information content (AvgIpc) is 2.30.